The van der Waals surface area contributed by atoms with Gasteiger partial charge in [0.05, 0.1) is 18.1 Å². The molecule has 4 atom stereocenters. The third-order valence-corrected chi connectivity index (χ3v) is 2.98. The van der Waals surface area contributed by atoms with E-state index in [9.17, 15) is 19.0 Å². The second-order valence-electron chi connectivity index (χ2n) is 3.95. The summed E-state index contributed by atoms with van der Waals surface area (Å²) in [7, 11) is 0. The maximum absolute atomic E-state index is 12.9. The molecule has 4 heteroatoms. The predicted molar refractivity (Wildman–Crippen MR) is 44.5 cm³/mol. The highest BCUT2D eigenvalue weighted by Gasteiger charge is 2.50. The highest BCUT2D eigenvalue weighted by atomic mass is 19.3. The van der Waals surface area contributed by atoms with Crippen molar-refractivity contribution in [1.29, 1.82) is 0 Å². The molecule has 0 aromatic heterocycles. The minimum absolute atomic E-state index is 0.189. The molecule has 1 rings (SSSR count). The Hall–Kier alpha value is -0.220. The van der Waals surface area contributed by atoms with Crippen LogP contribution in [-0.2, 0) is 0 Å². The standard InChI is InChI=1S/C9H16F2O2/c1-3-5-4-6(9(2,10)11)8(13)7(5)12/h5-8,12-13H,3-4H2,1-2H3/t5-,6+,7+,8-/m1/s1. The number of aliphatic hydroxyl groups is 2. The molecule has 0 aromatic rings. The Morgan fingerprint density at radius 3 is 2.08 bits per heavy atom. The molecular weight excluding hydrogens is 178 g/mol. The molecule has 1 saturated carbocycles. The van der Waals surface area contributed by atoms with Crippen molar-refractivity contribution in [3.8, 4) is 0 Å². The second kappa shape index (κ2) is 3.50. The van der Waals surface area contributed by atoms with Crippen molar-refractivity contribution in [1.82, 2.24) is 0 Å². The van der Waals surface area contributed by atoms with E-state index < -0.39 is 24.0 Å². The van der Waals surface area contributed by atoms with Crippen LogP contribution in [0.5, 0.6) is 0 Å². The Kier molecular flexibility index (Phi) is 2.92. The van der Waals surface area contributed by atoms with Crippen molar-refractivity contribution in [3.05, 3.63) is 0 Å². The van der Waals surface area contributed by atoms with Gasteiger partial charge in [0.2, 0.25) is 0 Å². The quantitative estimate of drug-likeness (QED) is 0.697. The molecule has 0 aromatic carbocycles. The van der Waals surface area contributed by atoms with Gasteiger partial charge in [0.25, 0.3) is 5.92 Å². The lowest BCUT2D eigenvalue weighted by Crippen LogP contribution is -2.35. The first-order chi connectivity index (χ1) is 5.88. The van der Waals surface area contributed by atoms with Gasteiger partial charge in [0, 0.05) is 0 Å². The molecule has 0 saturated heterocycles. The average molecular weight is 194 g/mol. The van der Waals surface area contributed by atoms with Crippen molar-refractivity contribution in [2.45, 2.75) is 44.8 Å². The zero-order chi connectivity index (χ0) is 10.2. The summed E-state index contributed by atoms with van der Waals surface area (Å²) in [5, 5.41) is 18.8. The van der Waals surface area contributed by atoms with Gasteiger partial charge in [-0.1, -0.05) is 13.3 Å². The highest BCUT2D eigenvalue weighted by Crippen LogP contribution is 2.42. The van der Waals surface area contributed by atoms with E-state index >= 15 is 0 Å². The number of alkyl halides is 2. The van der Waals surface area contributed by atoms with Crippen LogP contribution in [0.2, 0.25) is 0 Å². The topological polar surface area (TPSA) is 40.5 Å². The van der Waals surface area contributed by atoms with Crippen molar-refractivity contribution >= 4 is 0 Å². The molecule has 1 fully saturated rings. The number of halogens is 2. The Balaban J connectivity index is 2.71. The van der Waals surface area contributed by atoms with E-state index in [1.807, 2.05) is 6.92 Å². The zero-order valence-electron chi connectivity index (χ0n) is 7.87. The summed E-state index contributed by atoms with van der Waals surface area (Å²) in [6.45, 7) is 2.63. The van der Waals surface area contributed by atoms with Crippen LogP contribution in [0.25, 0.3) is 0 Å². The van der Waals surface area contributed by atoms with Crippen LogP contribution in [0.3, 0.4) is 0 Å². The lowest BCUT2D eigenvalue weighted by atomic mass is 9.97. The normalized spacial score (nSPS) is 41.1. The van der Waals surface area contributed by atoms with Crippen LogP contribution < -0.4 is 0 Å². The largest absolute Gasteiger partial charge is 0.390 e. The summed E-state index contributed by atoms with van der Waals surface area (Å²) < 4.78 is 25.8. The van der Waals surface area contributed by atoms with Gasteiger partial charge < -0.3 is 10.2 Å². The Morgan fingerprint density at radius 1 is 1.31 bits per heavy atom. The molecule has 2 nitrogen and oxygen atoms in total. The molecule has 0 bridgehead atoms. The number of rotatable bonds is 2. The first-order valence-corrected chi connectivity index (χ1v) is 4.61. The van der Waals surface area contributed by atoms with Gasteiger partial charge in [-0.05, 0) is 19.3 Å². The Labute approximate surface area is 76.6 Å². The third-order valence-electron chi connectivity index (χ3n) is 2.98. The van der Waals surface area contributed by atoms with Crippen LogP contribution in [0.4, 0.5) is 8.78 Å². The number of hydrogen-bond acceptors (Lipinski definition) is 2. The van der Waals surface area contributed by atoms with E-state index in [1.165, 1.54) is 0 Å². The minimum atomic E-state index is -2.90. The average Bonchev–Trinajstić information content (AvgIpc) is 2.28. The summed E-state index contributed by atoms with van der Waals surface area (Å²) in [5.74, 6) is -4.18. The summed E-state index contributed by atoms with van der Waals surface area (Å²) in [4.78, 5) is 0. The SMILES string of the molecule is CC[C@@H]1C[C@H](C(C)(F)F)[C@@H](O)[C@H]1O. The molecule has 0 spiro atoms. The second-order valence-corrected chi connectivity index (χ2v) is 3.95. The Bertz CT molecular complexity index is 179. The molecule has 1 aliphatic carbocycles. The van der Waals surface area contributed by atoms with Crippen LogP contribution in [0, 0.1) is 11.8 Å². The predicted octanol–water partition coefficient (Wildman–Crippen LogP) is 1.41. The van der Waals surface area contributed by atoms with Gasteiger partial charge in [-0.15, -0.1) is 0 Å². The molecule has 1 aliphatic rings. The molecule has 78 valence electrons. The van der Waals surface area contributed by atoms with Crippen molar-refractivity contribution < 1.29 is 19.0 Å². The molecule has 0 unspecified atom stereocenters. The lowest BCUT2D eigenvalue weighted by Gasteiger charge is -2.22. The van der Waals surface area contributed by atoms with Gasteiger partial charge in [-0.3, -0.25) is 0 Å². The smallest absolute Gasteiger partial charge is 0.250 e. The molecule has 0 aliphatic heterocycles. The molecular formula is C9H16F2O2. The van der Waals surface area contributed by atoms with Crippen molar-refractivity contribution in [2.75, 3.05) is 0 Å². The maximum atomic E-state index is 12.9. The minimum Gasteiger partial charge on any atom is -0.390 e. The van der Waals surface area contributed by atoms with E-state index in [2.05, 4.69) is 0 Å². The summed E-state index contributed by atoms with van der Waals surface area (Å²) in [6.07, 6.45) is -1.42. The molecule has 0 heterocycles. The van der Waals surface area contributed by atoms with Gasteiger partial charge in [-0.2, -0.15) is 0 Å². The summed E-state index contributed by atoms with van der Waals surface area (Å²) in [6, 6.07) is 0. The number of hydrogen-bond donors (Lipinski definition) is 2. The lowest BCUT2D eigenvalue weighted by molar-refractivity contribution is -0.0956. The van der Waals surface area contributed by atoms with E-state index in [0.717, 1.165) is 6.92 Å². The zero-order valence-corrected chi connectivity index (χ0v) is 7.87. The van der Waals surface area contributed by atoms with Crippen LogP contribution >= 0.6 is 0 Å². The van der Waals surface area contributed by atoms with Gasteiger partial charge in [0.15, 0.2) is 0 Å². The van der Waals surface area contributed by atoms with Gasteiger partial charge in [0.1, 0.15) is 0 Å². The van der Waals surface area contributed by atoms with Crippen LogP contribution in [-0.4, -0.2) is 28.3 Å². The molecule has 13 heavy (non-hydrogen) atoms. The summed E-state index contributed by atoms with van der Waals surface area (Å²) in [5.41, 5.74) is 0. The van der Waals surface area contributed by atoms with Gasteiger partial charge >= 0.3 is 0 Å². The fraction of sp³-hybridized carbons (Fsp3) is 1.00. The first kappa shape index (κ1) is 10.9. The van der Waals surface area contributed by atoms with Gasteiger partial charge in [-0.25, -0.2) is 8.78 Å². The van der Waals surface area contributed by atoms with Crippen molar-refractivity contribution in [2.24, 2.45) is 11.8 Å². The number of aliphatic hydroxyl groups excluding tert-OH is 2. The highest BCUT2D eigenvalue weighted by molar-refractivity contribution is 4.95. The van der Waals surface area contributed by atoms with E-state index in [1.54, 1.807) is 0 Å². The summed E-state index contributed by atoms with van der Waals surface area (Å²) >= 11 is 0. The van der Waals surface area contributed by atoms with Crippen LogP contribution in [0.15, 0.2) is 0 Å². The molecule has 0 radical (unpaired) electrons. The fourth-order valence-corrected chi connectivity index (χ4v) is 2.04. The van der Waals surface area contributed by atoms with Crippen molar-refractivity contribution in [3.63, 3.8) is 0 Å². The Morgan fingerprint density at radius 2 is 1.85 bits per heavy atom. The monoisotopic (exact) mass is 194 g/mol. The van der Waals surface area contributed by atoms with E-state index in [-0.39, 0.29) is 12.3 Å². The molecule has 0 amide bonds. The van der Waals surface area contributed by atoms with Crippen LogP contribution in [0.1, 0.15) is 26.7 Å². The maximum Gasteiger partial charge on any atom is 0.250 e. The fourth-order valence-electron chi connectivity index (χ4n) is 2.04. The van der Waals surface area contributed by atoms with E-state index in [0.29, 0.717) is 6.42 Å². The first-order valence-electron chi connectivity index (χ1n) is 4.61. The van der Waals surface area contributed by atoms with E-state index in [4.69, 9.17) is 0 Å². The molecule has 2 N–H and O–H groups in total. The third kappa shape index (κ3) is 1.99.